The van der Waals surface area contributed by atoms with Crippen LogP contribution in [0.3, 0.4) is 0 Å². The number of amides is 1. The molecule has 0 saturated carbocycles. The minimum Gasteiger partial charge on any atom is -0.321 e. The van der Waals surface area contributed by atoms with Gasteiger partial charge in [0.1, 0.15) is 0 Å². The van der Waals surface area contributed by atoms with Crippen molar-refractivity contribution in [2.24, 2.45) is 0 Å². The Labute approximate surface area is 136 Å². The Morgan fingerprint density at radius 3 is 2.68 bits per heavy atom. The molecule has 4 heteroatoms. The van der Waals surface area contributed by atoms with Gasteiger partial charge in [-0.05, 0) is 61.5 Å². The molecule has 2 aromatic rings. The van der Waals surface area contributed by atoms with Crippen LogP contribution in [-0.2, 0) is 6.54 Å². The molecular formula is C18H22N2OS. The Bertz CT molecular complexity index is 644. The second-order valence-electron chi connectivity index (χ2n) is 5.88. The molecule has 0 aliphatic carbocycles. The molecule has 22 heavy (non-hydrogen) atoms. The lowest BCUT2D eigenvalue weighted by molar-refractivity contribution is 0.103. The van der Waals surface area contributed by atoms with Gasteiger partial charge in [-0.2, -0.15) is 0 Å². The first-order valence-electron chi connectivity index (χ1n) is 7.90. The van der Waals surface area contributed by atoms with Gasteiger partial charge in [0.15, 0.2) is 0 Å². The molecule has 3 rings (SSSR count). The predicted molar refractivity (Wildman–Crippen MR) is 92.6 cm³/mol. The molecule has 3 nitrogen and oxygen atoms in total. The monoisotopic (exact) mass is 314 g/mol. The molecule has 1 N–H and O–H groups in total. The quantitative estimate of drug-likeness (QED) is 0.913. The second-order valence-corrected chi connectivity index (χ2v) is 6.80. The van der Waals surface area contributed by atoms with Crippen LogP contribution in [0.25, 0.3) is 0 Å². The Kier molecular flexibility index (Phi) is 4.90. The van der Waals surface area contributed by atoms with Crippen LogP contribution >= 0.6 is 11.3 Å². The number of carbonyl (C=O) groups is 1. The van der Waals surface area contributed by atoms with E-state index >= 15 is 0 Å². The van der Waals surface area contributed by atoms with E-state index in [2.05, 4.69) is 16.3 Å². The van der Waals surface area contributed by atoms with Crippen molar-refractivity contribution in [2.45, 2.75) is 32.7 Å². The van der Waals surface area contributed by atoms with E-state index in [0.717, 1.165) is 35.8 Å². The lowest BCUT2D eigenvalue weighted by Crippen LogP contribution is -2.29. The summed E-state index contributed by atoms with van der Waals surface area (Å²) < 4.78 is 0. The smallest absolute Gasteiger partial charge is 0.266 e. The molecular weight excluding hydrogens is 292 g/mol. The molecule has 2 heterocycles. The number of para-hydroxylation sites is 1. The highest BCUT2D eigenvalue weighted by molar-refractivity contribution is 7.12. The number of anilines is 1. The number of piperidine rings is 1. The third-order valence-corrected chi connectivity index (χ3v) is 5.19. The minimum atomic E-state index is -0.00130. The van der Waals surface area contributed by atoms with Crippen molar-refractivity contribution in [3.63, 3.8) is 0 Å². The van der Waals surface area contributed by atoms with Gasteiger partial charge in [-0.25, -0.2) is 0 Å². The fraction of sp³-hybridized carbons (Fsp3) is 0.389. The van der Waals surface area contributed by atoms with Crippen LogP contribution in [0.2, 0.25) is 0 Å². The zero-order valence-corrected chi connectivity index (χ0v) is 13.8. The summed E-state index contributed by atoms with van der Waals surface area (Å²) in [5.74, 6) is -0.00130. The normalized spacial score (nSPS) is 15.7. The summed E-state index contributed by atoms with van der Waals surface area (Å²) in [4.78, 5) is 15.7. The standard InChI is InChI=1S/C18H22N2OS/c1-14-9-12-22-17(14)18(21)19-16-8-4-3-7-15(16)13-20-10-5-2-6-11-20/h3-4,7-9,12H,2,5-6,10-11,13H2,1H3,(H,19,21). The largest absolute Gasteiger partial charge is 0.321 e. The number of aryl methyl sites for hydroxylation is 1. The van der Waals surface area contributed by atoms with Crippen LogP contribution in [0.15, 0.2) is 35.7 Å². The number of thiophene rings is 1. The number of nitrogens with one attached hydrogen (secondary N) is 1. The first kappa shape index (κ1) is 15.3. The van der Waals surface area contributed by atoms with Crippen molar-refractivity contribution < 1.29 is 4.79 Å². The van der Waals surface area contributed by atoms with E-state index in [-0.39, 0.29) is 5.91 Å². The van der Waals surface area contributed by atoms with Gasteiger partial charge < -0.3 is 5.32 Å². The van der Waals surface area contributed by atoms with Crippen molar-refractivity contribution >= 4 is 22.9 Å². The zero-order chi connectivity index (χ0) is 15.4. The van der Waals surface area contributed by atoms with Crippen LogP contribution in [0.5, 0.6) is 0 Å². The SMILES string of the molecule is Cc1ccsc1C(=O)Nc1ccccc1CN1CCCCC1. The average molecular weight is 314 g/mol. The first-order valence-corrected chi connectivity index (χ1v) is 8.78. The summed E-state index contributed by atoms with van der Waals surface area (Å²) >= 11 is 1.50. The maximum atomic E-state index is 12.4. The average Bonchev–Trinajstić information content (AvgIpc) is 2.96. The molecule has 1 aromatic heterocycles. The van der Waals surface area contributed by atoms with E-state index < -0.39 is 0 Å². The highest BCUT2D eigenvalue weighted by atomic mass is 32.1. The van der Waals surface area contributed by atoms with Crippen LogP contribution in [0, 0.1) is 6.92 Å². The van der Waals surface area contributed by atoms with E-state index in [1.165, 1.54) is 36.2 Å². The van der Waals surface area contributed by atoms with Crippen LogP contribution < -0.4 is 5.32 Å². The molecule has 0 radical (unpaired) electrons. The third-order valence-electron chi connectivity index (χ3n) is 4.18. The van der Waals surface area contributed by atoms with E-state index in [4.69, 9.17) is 0 Å². The predicted octanol–water partition coefficient (Wildman–Crippen LogP) is 4.29. The number of nitrogens with zero attached hydrogens (tertiary/aromatic N) is 1. The molecule has 1 aromatic carbocycles. The molecule has 0 unspecified atom stereocenters. The summed E-state index contributed by atoms with van der Waals surface area (Å²) in [6.07, 6.45) is 3.90. The van der Waals surface area contributed by atoms with Crippen LogP contribution in [-0.4, -0.2) is 23.9 Å². The van der Waals surface area contributed by atoms with Crippen molar-refractivity contribution in [3.8, 4) is 0 Å². The first-order chi connectivity index (χ1) is 10.7. The number of carbonyl (C=O) groups excluding carboxylic acids is 1. The Hall–Kier alpha value is -1.65. The topological polar surface area (TPSA) is 32.3 Å². The zero-order valence-electron chi connectivity index (χ0n) is 13.0. The fourth-order valence-electron chi connectivity index (χ4n) is 2.92. The second kappa shape index (κ2) is 7.07. The molecule has 0 atom stereocenters. The summed E-state index contributed by atoms with van der Waals surface area (Å²) in [7, 11) is 0. The van der Waals surface area contributed by atoms with Crippen molar-refractivity contribution in [2.75, 3.05) is 18.4 Å². The fourth-order valence-corrected chi connectivity index (χ4v) is 3.74. The van der Waals surface area contributed by atoms with Gasteiger partial charge in [0.05, 0.1) is 4.88 Å². The maximum Gasteiger partial charge on any atom is 0.266 e. The van der Waals surface area contributed by atoms with Gasteiger partial charge in [-0.1, -0.05) is 24.6 Å². The highest BCUT2D eigenvalue weighted by Crippen LogP contribution is 2.22. The van der Waals surface area contributed by atoms with Gasteiger partial charge in [-0.15, -0.1) is 11.3 Å². The number of benzene rings is 1. The van der Waals surface area contributed by atoms with E-state index in [1.54, 1.807) is 0 Å². The lowest BCUT2D eigenvalue weighted by atomic mass is 10.1. The van der Waals surface area contributed by atoms with Gasteiger partial charge in [-0.3, -0.25) is 9.69 Å². The summed E-state index contributed by atoms with van der Waals surface area (Å²) in [5, 5.41) is 5.05. The number of hydrogen-bond acceptors (Lipinski definition) is 3. The molecule has 0 bridgehead atoms. The maximum absolute atomic E-state index is 12.4. The highest BCUT2D eigenvalue weighted by Gasteiger charge is 2.15. The van der Waals surface area contributed by atoms with Gasteiger partial charge >= 0.3 is 0 Å². The lowest BCUT2D eigenvalue weighted by Gasteiger charge is -2.27. The number of likely N-dealkylation sites (tertiary alicyclic amines) is 1. The Morgan fingerprint density at radius 1 is 1.18 bits per heavy atom. The summed E-state index contributed by atoms with van der Waals surface area (Å²) in [5.41, 5.74) is 3.17. The molecule has 0 spiro atoms. The summed E-state index contributed by atoms with van der Waals surface area (Å²) in [6.45, 7) is 5.21. The van der Waals surface area contributed by atoms with Crippen molar-refractivity contribution in [1.82, 2.24) is 4.90 Å². The molecule has 116 valence electrons. The molecule has 1 aliphatic rings. The van der Waals surface area contributed by atoms with E-state index in [9.17, 15) is 4.79 Å². The molecule has 1 amide bonds. The van der Waals surface area contributed by atoms with Crippen molar-refractivity contribution in [3.05, 3.63) is 51.7 Å². The van der Waals surface area contributed by atoms with Crippen LogP contribution in [0.4, 0.5) is 5.69 Å². The molecule has 1 aliphatic heterocycles. The Balaban J connectivity index is 1.73. The molecule has 1 fully saturated rings. The number of hydrogen-bond donors (Lipinski definition) is 1. The number of rotatable bonds is 4. The Morgan fingerprint density at radius 2 is 1.95 bits per heavy atom. The van der Waals surface area contributed by atoms with E-state index in [1.807, 2.05) is 36.6 Å². The molecule has 1 saturated heterocycles. The third kappa shape index (κ3) is 3.57. The minimum absolute atomic E-state index is 0.00130. The van der Waals surface area contributed by atoms with E-state index in [0.29, 0.717) is 0 Å². The van der Waals surface area contributed by atoms with Gasteiger partial charge in [0, 0.05) is 12.2 Å². The van der Waals surface area contributed by atoms with Gasteiger partial charge in [0.25, 0.3) is 5.91 Å². The van der Waals surface area contributed by atoms with Gasteiger partial charge in [0.2, 0.25) is 0 Å². The van der Waals surface area contributed by atoms with Crippen LogP contribution in [0.1, 0.15) is 40.1 Å². The summed E-state index contributed by atoms with van der Waals surface area (Å²) in [6, 6.07) is 10.1. The van der Waals surface area contributed by atoms with Crippen molar-refractivity contribution in [1.29, 1.82) is 0 Å².